The highest BCUT2D eigenvalue weighted by molar-refractivity contribution is 6.13. The van der Waals surface area contributed by atoms with Crippen molar-refractivity contribution in [3.63, 3.8) is 0 Å². The van der Waals surface area contributed by atoms with Crippen molar-refractivity contribution in [2.45, 2.75) is 30.1 Å². The van der Waals surface area contributed by atoms with Crippen molar-refractivity contribution in [1.29, 1.82) is 0 Å². The van der Waals surface area contributed by atoms with Gasteiger partial charge in [-0.25, -0.2) is 0 Å². The smallest absolute Gasteiger partial charge is 0.0754 e. The molecular formula is C81H52N2. The van der Waals surface area contributed by atoms with Gasteiger partial charge in [-0.05, 0) is 165 Å². The molecular weight excluding hydrogens is 1000 g/mol. The maximum absolute atomic E-state index is 2.57. The maximum atomic E-state index is 2.57. The van der Waals surface area contributed by atoms with E-state index >= 15 is 0 Å². The third-order valence-electron chi connectivity index (χ3n) is 20.2. The summed E-state index contributed by atoms with van der Waals surface area (Å²) in [6, 6.07) is 107. The highest BCUT2D eigenvalue weighted by Crippen LogP contribution is 2.65. The molecule has 0 radical (unpaired) electrons. The lowest BCUT2D eigenvalue weighted by Crippen LogP contribution is -2.33. The van der Waals surface area contributed by atoms with Gasteiger partial charge in [0.15, 0.2) is 0 Å². The van der Waals surface area contributed by atoms with Crippen molar-refractivity contribution in [1.82, 2.24) is 4.57 Å². The standard InChI is InChI=1S/C81H52N2/c1-79(2)65-29-11-5-21-54(65)59-42-39-50(47-72(59)79)82(51-40-43-61-58-25-8-14-32-68(58)80(74(61)48-51)66-30-12-6-22-55(66)56-23-7-13-31-67(56)80)76-45-44-52(53-20-3-4-26-62(53)76)49-38-41-60-57-24-9-15-33-69(57)81(73(60)46-49)70-34-16-18-37-77(70)83-75-36-17-10-27-63(75)64-28-19-35-71(81)78(64)83/h3-48H,1-2H3. The number of hydrogen-bond donors (Lipinski definition) is 0. The van der Waals surface area contributed by atoms with Gasteiger partial charge in [-0.2, -0.15) is 0 Å². The number of anilines is 3. The average Bonchev–Trinajstić information content (AvgIpc) is 1.60. The Morgan fingerprint density at radius 2 is 0.699 bits per heavy atom. The zero-order valence-electron chi connectivity index (χ0n) is 46.0. The number of nitrogens with zero attached hydrogens (tertiary/aromatic N) is 2. The van der Waals surface area contributed by atoms with Crippen LogP contribution in [0.1, 0.15) is 69.5 Å². The van der Waals surface area contributed by atoms with Crippen molar-refractivity contribution in [3.8, 4) is 61.3 Å². The Balaban J connectivity index is 0.847. The summed E-state index contributed by atoms with van der Waals surface area (Å²) >= 11 is 0. The molecule has 5 aliphatic rings. The topological polar surface area (TPSA) is 8.17 Å². The molecule has 1 aliphatic heterocycles. The van der Waals surface area contributed by atoms with Gasteiger partial charge in [-0.15, -0.1) is 0 Å². The van der Waals surface area contributed by atoms with E-state index in [0.717, 1.165) is 17.1 Å². The summed E-state index contributed by atoms with van der Waals surface area (Å²) in [5.74, 6) is 0. The number of benzene rings is 13. The minimum atomic E-state index is -0.555. The van der Waals surface area contributed by atoms with Crippen LogP contribution in [0.25, 0.3) is 93.9 Å². The van der Waals surface area contributed by atoms with E-state index in [9.17, 15) is 0 Å². The third kappa shape index (κ3) is 5.50. The Morgan fingerprint density at radius 1 is 0.277 bits per heavy atom. The van der Waals surface area contributed by atoms with E-state index in [4.69, 9.17) is 0 Å². The Morgan fingerprint density at radius 3 is 1.34 bits per heavy atom. The molecule has 1 unspecified atom stereocenters. The molecule has 386 valence electrons. The second-order valence-electron chi connectivity index (χ2n) is 24.2. The number of para-hydroxylation sites is 3. The van der Waals surface area contributed by atoms with Crippen molar-refractivity contribution < 1.29 is 0 Å². The van der Waals surface area contributed by atoms with Crippen molar-refractivity contribution in [3.05, 3.63) is 335 Å². The summed E-state index contributed by atoms with van der Waals surface area (Å²) in [4.78, 5) is 2.57. The first kappa shape index (κ1) is 45.4. The maximum Gasteiger partial charge on any atom is 0.0754 e. The van der Waals surface area contributed by atoms with Gasteiger partial charge >= 0.3 is 0 Å². The van der Waals surface area contributed by atoms with E-state index in [1.54, 1.807) is 0 Å². The van der Waals surface area contributed by atoms with Gasteiger partial charge in [0, 0.05) is 32.9 Å². The first-order valence-corrected chi connectivity index (χ1v) is 29.3. The fraction of sp³-hybridized carbons (Fsp3) is 0.0617. The molecule has 83 heavy (non-hydrogen) atoms. The molecule has 0 saturated carbocycles. The van der Waals surface area contributed by atoms with E-state index in [2.05, 4.69) is 302 Å². The van der Waals surface area contributed by atoms with Crippen LogP contribution in [0.2, 0.25) is 0 Å². The summed E-state index contributed by atoms with van der Waals surface area (Å²) in [5, 5.41) is 4.98. The number of fused-ring (bicyclic) bond motifs is 26. The molecule has 4 aliphatic carbocycles. The van der Waals surface area contributed by atoms with Gasteiger partial charge in [0.05, 0.1) is 33.2 Å². The van der Waals surface area contributed by atoms with Crippen molar-refractivity contribution in [2.24, 2.45) is 0 Å². The largest absolute Gasteiger partial charge is 0.310 e. The SMILES string of the molecule is CC1(C)c2ccccc2-c2ccc(N(c3ccc4c(c3)C3(c5ccccc5-c5ccccc53)c3ccccc3-4)c3ccc(-c4ccc5c(c4)C4(c6ccccc6-5)c5ccccc5-n5c6ccccc6c6cccc4c65)c4ccccc34)cc21. The van der Waals surface area contributed by atoms with Crippen LogP contribution in [-0.2, 0) is 16.2 Å². The van der Waals surface area contributed by atoms with Crippen molar-refractivity contribution in [2.75, 3.05) is 4.90 Å². The van der Waals surface area contributed by atoms with Crippen LogP contribution in [0.5, 0.6) is 0 Å². The number of aromatic nitrogens is 1. The van der Waals surface area contributed by atoms with Gasteiger partial charge in [0.1, 0.15) is 0 Å². The van der Waals surface area contributed by atoms with Gasteiger partial charge in [-0.3, -0.25) is 0 Å². The summed E-state index contributed by atoms with van der Waals surface area (Å²) < 4.78 is 2.54. The molecule has 2 heteroatoms. The van der Waals surface area contributed by atoms with Crippen LogP contribution in [0.3, 0.4) is 0 Å². The van der Waals surface area contributed by atoms with Crippen LogP contribution in [-0.4, -0.2) is 4.57 Å². The lowest BCUT2D eigenvalue weighted by atomic mass is 9.65. The highest BCUT2D eigenvalue weighted by Gasteiger charge is 2.53. The fourth-order valence-electron chi connectivity index (χ4n) is 16.9. The van der Waals surface area contributed by atoms with Gasteiger partial charge in [0.25, 0.3) is 0 Å². The Hall–Kier alpha value is -10.3. The second-order valence-corrected chi connectivity index (χ2v) is 24.2. The molecule has 0 amide bonds. The lowest BCUT2D eigenvalue weighted by Gasteiger charge is -2.39. The molecule has 13 aromatic carbocycles. The zero-order valence-corrected chi connectivity index (χ0v) is 46.0. The second kappa shape index (κ2) is 16.0. The molecule has 2 heterocycles. The molecule has 0 fully saturated rings. The van der Waals surface area contributed by atoms with Gasteiger partial charge in [-0.1, -0.05) is 244 Å². The Kier molecular flexibility index (Phi) is 8.76. The van der Waals surface area contributed by atoms with Gasteiger partial charge < -0.3 is 9.47 Å². The lowest BCUT2D eigenvalue weighted by molar-refractivity contribution is 0.660. The first-order chi connectivity index (χ1) is 41.0. The summed E-state index contributed by atoms with van der Waals surface area (Å²) in [6.45, 7) is 4.79. The van der Waals surface area contributed by atoms with E-state index < -0.39 is 10.8 Å². The predicted molar refractivity (Wildman–Crippen MR) is 343 cm³/mol. The average molecular weight is 1050 g/mol. The summed E-state index contributed by atoms with van der Waals surface area (Å²) in [5.41, 5.74) is 32.2. The molecule has 2 nitrogen and oxygen atoms in total. The number of hydrogen-bond acceptors (Lipinski definition) is 1. The predicted octanol–water partition coefficient (Wildman–Crippen LogP) is 20.4. The quantitative estimate of drug-likeness (QED) is 0.171. The molecule has 2 spiro atoms. The van der Waals surface area contributed by atoms with Crippen LogP contribution in [0.4, 0.5) is 17.1 Å². The van der Waals surface area contributed by atoms with E-state index in [0.29, 0.717) is 0 Å². The monoisotopic (exact) mass is 1050 g/mol. The molecule has 14 aromatic rings. The van der Waals surface area contributed by atoms with Crippen molar-refractivity contribution >= 4 is 49.6 Å². The minimum absolute atomic E-state index is 0.189. The summed E-state index contributed by atoms with van der Waals surface area (Å²) in [7, 11) is 0. The van der Waals surface area contributed by atoms with Crippen LogP contribution >= 0.6 is 0 Å². The van der Waals surface area contributed by atoms with Crippen LogP contribution < -0.4 is 4.90 Å². The molecule has 1 atom stereocenters. The molecule has 0 N–H and O–H groups in total. The Labute approximate surface area is 482 Å². The Bertz CT molecular complexity index is 5160. The molecule has 0 bridgehead atoms. The van der Waals surface area contributed by atoms with Gasteiger partial charge in [0.2, 0.25) is 0 Å². The third-order valence-corrected chi connectivity index (χ3v) is 20.2. The van der Waals surface area contributed by atoms with Crippen LogP contribution in [0, 0.1) is 0 Å². The number of rotatable bonds is 4. The molecule has 1 aromatic heterocycles. The molecule has 19 rings (SSSR count). The minimum Gasteiger partial charge on any atom is -0.310 e. The van der Waals surface area contributed by atoms with E-state index in [1.165, 1.54) is 150 Å². The normalized spacial score (nSPS) is 16.1. The van der Waals surface area contributed by atoms with Crippen LogP contribution in [0.15, 0.2) is 279 Å². The highest BCUT2D eigenvalue weighted by atomic mass is 15.1. The molecule has 0 saturated heterocycles. The van der Waals surface area contributed by atoms with E-state index in [1.807, 2.05) is 0 Å². The van der Waals surface area contributed by atoms with E-state index in [-0.39, 0.29) is 5.41 Å². The zero-order chi connectivity index (χ0) is 54.5. The first-order valence-electron chi connectivity index (χ1n) is 29.3. The summed E-state index contributed by atoms with van der Waals surface area (Å²) in [6.07, 6.45) is 0. The fourth-order valence-corrected chi connectivity index (χ4v) is 16.9.